The van der Waals surface area contributed by atoms with Crippen molar-refractivity contribution in [2.24, 2.45) is 0 Å². The van der Waals surface area contributed by atoms with Gasteiger partial charge in [-0.25, -0.2) is 13.1 Å². The van der Waals surface area contributed by atoms with Gasteiger partial charge in [0.2, 0.25) is 10.0 Å². The summed E-state index contributed by atoms with van der Waals surface area (Å²) in [7, 11) is -3.42. The highest BCUT2D eigenvalue weighted by Gasteiger charge is 2.17. The summed E-state index contributed by atoms with van der Waals surface area (Å²) in [4.78, 5) is 5.16. The van der Waals surface area contributed by atoms with Crippen LogP contribution in [0.3, 0.4) is 0 Å². The molecule has 28 heavy (non-hydrogen) atoms. The molecule has 1 saturated heterocycles. The second-order valence-corrected chi connectivity index (χ2v) is 9.08. The van der Waals surface area contributed by atoms with Crippen molar-refractivity contribution in [3.05, 3.63) is 60.2 Å². The van der Waals surface area contributed by atoms with E-state index in [9.17, 15) is 8.42 Å². The zero-order valence-electron chi connectivity index (χ0n) is 16.7. The van der Waals surface area contributed by atoms with Crippen LogP contribution in [0.25, 0.3) is 0 Å². The van der Waals surface area contributed by atoms with Gasteiger partial charge in [0.05, 0.1) is 4.90 Å². The van der Waals surface area contributed by atoms with E-state index in [0.717, 1.165) is 52.0 Å². The highest BCUT2D eigenvalue weighted by Crippen LogP contribution is 2.16. The van der Waals surface area contributed by atoms with Crippen molar-refractivity contribution in [2.45, 2.75) is 31.1 Å². The largest absolute Gasteiger partial charge is 0.369 e. The molecule has 5 nitrogen and oxygen atoms in total. The van der Waals surface area contributed by atoms with Gasteiger partial charge in [-0.3, -0.25) is 4.90 Å². The van der Waals surface area contributed by atoms with Crippen LogP contribution in [0.4, 0.5) is 5.69 Å². The zero-order valence-corrected chi connectivity index (χ0v) is 17.5. The van der Waals surface area contributed by atoms with Crippen LogP contribution in [-0.2, 0) is 16.4 Å². The van der Waals surface area contributed by atoms with E-state index in [2.05, 4.69) is 45.7 Å². The maximum Gasteiger partial charge on any atom is 0.240 e. The third-order valence-corrected chi connectivity index (χ3v) is 6.69. The molecule has 0 radical (unpaired) electrons. The predicted octanol–water partition coefficient (Wildman–Crippen LogP) is 3.13. The van der Waals surface area contributed by atoms with Gasteiger partial charge >= 0.3 is 0 Å². The molecule has 0 unspecified atom stereocenters. The second kappa shape index (κ2) is 10.0. The lowest BCUT2D eigenvalue weighted by Gasteiger charge is -2.36. The van der Waals surface area contributed by atoms with Crippen LogP contribution < -0.4 is 9.62 Å². The summed E-state index contributed by atoms with van der Waals surface area (Å²) in [6, 6.07) is 17.7. The number of anilines is 1. The topological polar surface area (TPSA) is 52.7 Å². The zero-order chi connectivity index (χ0) is 19.8. The van der Waals surface area contributed by atoms with Crippen LogP contribution in [0.1, 0.15) is 25.3 Å². The summed E-state index contributed by atoms with van der Waals surface area (Å²) in [5, 5.41) is 0. The normalized spacial score (nSPS) is 15.7. The molecule has 1 aliphatic rings. The first-order valence-electron chi connectivity index (χ1n) is 10.2. The number of nitrogens with zero attached hydrogens (tertiary/aromatic N) is 2. The maximum atomic E-state index is 12.4. The number of sulfonamides is 1. The van der Waals surface area contributed by atoms with Crippen molar-refractivity contribution in [3.63, 3.8) is 0 Å². The Bertz CT molecular complexity index is 815. The predicted molar refractivity (Wildman–Crippen MR) is 115 cm³/mol. The highest BCUT2D eigenvalue weighted by atomic mass is 32.2. The Kier molecular flexibility index (Phi) is 7.48. The Morgan fingerprint density at radius 1 is 0.929 bits per heavy atom. The number of nitrogens with one attached hydrogen (secondary N) is 1. The molecule has 0 aliphatic carbocycles. The van der Waals surface area contributed by atoms with E-state index in [1.807, 2.05) is 18.2 Å². The van der Waals surface area contributed by atoms with E-state index < -0.39 is 10.0 Å². The average molecular weight is 402 g/mol. The Morgan fingerprint density at radius 2 is 1.61 bits per heavy atom. The van der Waals surface area contributed by atoms with Gasteiger partial charge in [0, 0.05) is 38.4 Å². The number of rotatable bonds is 9. The molecule has 0 bridgehead atoms. The monoisotopic (exact) mass is 401 g/mol. The minimum atomic E-state index is -3.42. The molecule has 0 amide bonds. The fourth-order valence-electron chi connectivity index (χ4n) is 3.58. The van der Waals surface area contributed by atoms with Gasteiger partial charge in [0.25, 0.3) is 0 Å². The minimum Gasteiger partial charge on any atom is -0.369 e. The van der Waals surface area contributed by atoms with Gasteiger partial charge in [-0.15, -0.1) is 0 Å². The van der Waals surface area contributed by atoms with Crippen molar-refractivity contribution in [1.82, 2.24) is 9.62 Å². The van der Waals surface area contributed by atoms with Crippen molar-refractivity contribution < 1.29 is 8.42 Å². The molecular weight excluding hydrogens is 370 g/mol. The third kappa shape index (κ3) is 5.80. The van der Waals surface area contributed by atoms with Crippen LogP contribution in [-0.4, -0.2) is 52.6 Å². The Morgan fingerprint density at radius 3 is 2.25 bits per heavy atom. The van der Waals surface area contributed by atoms with Gasteiger partial charge in [-0.1, -0.05) is 43.7 Å². The van der Waals surface area contributed by atoms with Crippen LogP contribution in [0.2, 0.25) is 0 Å². The van der Waals surface area contributed by atoms with E-state index in [1.165, 1.54) is 11.3 Å². The lowest BCUT2D eigenvalue weighted by atomic mass is 10.1. The first-order valence-corrected chi connectivity index (χ1v) is 11.7. The molecule has 0 spiro atoms. The molecule has 0 saturated carbocycles. The first kappa shape index (κ1) is 20.8. The quantitative estimate of drug-likeness (QED) is 0.656. The molecular formula is C22H31N3O2S. The lowest BCUT2D eigenvalue weighted by molar-refractivity contribution is 0.255. The molecule has 1 heterocycles. The van der Waals surface area contributed by atoms with Crippen molar-refractivity contribution in [1.29, 1.82) is 0 Å². The van der Waals surface area contributed by atoms with Gasteiger partial charge < -0.3 is 4.90 Å². The summed E-state index contributed by atoms with van der Waals surface area (Å²) in [5.74, 6) is 0. The van der Waals surface area contributed by atoms with Crippen molar-refractivity contribution >= 4 is 15.7 Å². The average Bonchev–Trinajstić information content (AvgIpc) is 2.73. The fourth-order valence-corrected chi connectivity index (χ4v) is 4.66. The van der Waals surface area contributed by atoms with Crippen LogP contribution >= 0.6 is 0 Å². The second-order valence-electron chi connectivity index (χ2n) is 7.31. The summed E-state index contributed by atoms with van der Waals surface area (Å²) < 4.78 is 27.6. The first-order chi connectivity index (χ1) is 13.6. The molecule has 3 rings (SSSR count). The molecule has 152 valence electrons. The number of hydrogen-bond acceptors (Lipinski definition) is 4. The molecule has 2 aromatic rings. The minimum absolute atomic E-state index is 0.351. The smallest absolute Gasteiger partial charge is 0.240 e. The standard InChI is InChI=1S/C22H31N3O2S/c1-2-7-20-10-12-22(13-11-20)28(26,27)23-14-6-15-24-16-18-25(19-17-24)21-8-4-3-5-9-21/h3-5,8-13,23H,2,6-7,14-19H2,1H3. The molecule has 1 aliphatic heterocycles. The maximum absolute atomic E-state index is 12.4. The molecule has 0 atom stereocenters. The number of aryl methyl sites for hydroxylation is 1. The summed E-state index contributed by atoms with van der Waals surface area (Å²) >= 11 is 0. The lowest BCUT2D eigenvalue weighted by Crippen LogP contribution is -2.47. The van der Waals surface area contributed by atoms with Gasteiger partial charge in [0.1, 0.15) is 0 Å². The summed E-state index contributed by atoms with van der Waals surface area (Å²) in [5.41, 5.74) is 2.45. The summed E-state index contributed by atoms with van der Waals surface area (Å²) in [6.07, 6.45) is 2.85. The Hall–Kier alpha value is -1.89. The molecule has 1 N–H and O–H groups in total. The molecule has 1 fully saturated rings. The highest BCUT2D eigenvalue weighted by molar-refractivity contribution is 7.89. The molecule has 2 aromatic carbocycles. The van der Waals surface area contributed by atoms with Crippen LogP contribution in [0.15, 0.2) is 59.5 Å². The number of para-hydroxylation sites is 1. The van der Waals surface area contributed by atoms with Gasteiger partial charge in [-0.05, 0) is 49.2 Å². The van der Waals surface area contributed by atoms with Crippen molar-refractivity contribution in [3.8, 4) is 0 Å². The Labute approximate surface area is 169 Å². The van der Waals surface area contributed by atoms with E-state index in [0.29, 0.717) is 11.4 Å². The SMILES string of the molecule is CCCc1ccc(S(=O)(=O)NCCCN2CCN(c3ccccc3)CC2)cc1. The molecule has 6 heteroatoms. The van der Waals surface area contributed by atoms with Crippen LogP contribution in [0, 0.1) is 0 Å². The van der Waals surface area contributed by atoms with E-state index in [-0.39, 0.29) is 0 Å². The van der Waals surface area contributed by atoms with Crippen LogP contribution in [0.5, 0.6) is 0 Å². The van der Waals surface area contributed by atoms with Gasteiger partial charge in [-0.2, -0.15) is 0 Å². The van der Waals surface area contributed by atoms with Crippen molar-refractivity contribution in [2.75, 3.05) is 44.2 Å². The Balaban J connectivity index is 1.38. The van der Waals surface area contributed by atoms with E-state index in [4.69, 9.17) is 0 Å². The number of piperazine rings is 1. The van der Waals surface area contributed by atoms with Gasteiger partial charge in [0.15, 0.2) is 0 Å². The third-order valence-electron chi connectivity index (χ3n) is 5.21. The van der Waals surface area contributed by atoms with E-state index >= 15 is 0 Å². The van der Waals surface area contributed by atoms with E-state index in [1.54, 1.807) is 12.1 Å². The fraction of sp³-hybridized carbons (Fsp3) is 0.455. The number of hydrogen-bond donors (Lipinski definition) is 1. The number of benzene rings is 2. The summed E-state index contributed by atoms with van der Waals surface area (Å²) in [6.45, 7) is 7.56. The molecule has 0 aromatic heterocycles.